The summed E-state index contributed by atoms with van der Waals surface area (Å²) in [5.41, 5.74) is 1.31. The molecular formula is C24H39N7. The lowest BCUT2D eigenvalue weighted by Gasteiger charge is -2.37. The van der Waals surface area contributed by atoms with Crippen molar-refractivity contribution < 1.29 is 0 Å². The number of hydrogen-bond acceptors (Lipinski definition) is 4. The monoisotopic (exact) mass is 425 g/mol. The van der Waals surface area contributed by atoms with Gasteiger partial charge in [0.15, 0.2) is 11.8 Å². The molecule has 0 aliphatic carbocycles. The van der Waals surface area contributed by atoms with Crippen LogP contribution in [0.15, 0.2) is 35.3 Å². The van der Waals surface area contributed by atoms with Gasteiger partial charge in [-0.15, -0.1) is 0 Å². The van der Waals surface area contributed by atoms with E-state index in [4.69, 9.17) is 0 Å². The average molecular weight is 426 g/mol. The molecule has 0 spiro atoms. The Morgan fingerprint density at radius 2 is 1.97 bits per heavy atom. The molecular weight excluding hydrogens is 386 g/mol. The molecule has 0 fully saturated rings. The van der Waals surface area contributed by atoms with E-state index in [9.17, 15) is 0 Å². The summed E-state index contributed by atoms with van der Waals surface area (Å²) in [5, 5.41) is 15.7. The first kappa shape index (κ1) is 23.3. The zero-order valence-corrected chi connectivity index (χ0v) is 19.8. The first-order valence-electron chi connectivity index (χ1n) is 11.7. The second-order valence-corrected chi connectivity index (χ2v) is 8.55. The standard InChI is InChI=1S/C24H39N7/c1-6-21-28-22-15-14-20(16-31(22)30-21)27-23(25-5)26-17-24(7-2,8-3)29-18(4)19-12-10-9-11-13-19/h9-13,18,20,29H,6-8,14-17H2,1-5H3,(H2,25,26,27). The van der Waals surface area contributed by atoms with E-state index in [2.05, 4.69) is 93.7 Å². The van der Waals surface area contributed by atoms with E-state index in [1.54, 1.807) is 0 Å². The van der Waals surface area contributed by atoms with Crippen LogP contribution >= 0.6 is 0 Å². The molecule has 31 heavy (non-hydrogen) atoms. The van der Waals surface area contributed by atoms with E-state index >= 15 is 0 Å². The number of aliphatic imine (C=N–C) groups is 1. The van der Waals surface area contributed by atoms with Crippen LogP contribution in [0.4, 0.5) is 0 Å². The summed E-state index contributed by atoms with van der Waals surface area (Å²) in [6, 6.07) is 11.2. The first-order valence-corrected chi connectivity index (χ1v) is 11.7. The van der Waals surface area contributed by atoms with Gasteiger partial charge in [0.1, 0.15) is 5.82 Å². The minimum absolute atomic E-state index is 0.00541. The van der Waals surface area contributed by atoms with Gasteiger partial charge in [-0.05, 0) is 31.7 Å². The highest BCUT2D eigenvalue weighted by molar-refractivity contribution is 5.80. The number of benzene rings is 1. The summed E-state index contributed by atoms with van der Waals surface area (Å²) in [4.78, 5) is 9.11. The number of guanidine groups is 1. The summed E-state index contributed by atoms with van der Waals surface area (Å²) >= 11 is 0. The molecule has 1 aromatic heterocycles. The Morgan fingerprint density at radius 3 is 2.61 bits per heavy atom. The highest BCUT2D eigenvalue weighted by Crippen LogP contribution is 2.21. The van der Waals surface area contributed by atoms with E-state index in [0.29, 0.717) is 6.04 Å². The Balaban J connectivity index is 1.58. The molecule has 1 aromatic carbocycles. The van der Waals surface area contributed by atoms with Crippen LogP contribution in [0, 0.1) is 0 Å². The number of nitrogens with zero attached hydrogens (tertiary/aromatic N) is 4. The smallest absolute Gasteiger partial charge is 0.191 e. The van der Waals surface area contributed by atoms with Crippen molar-refractivity contribution in [1.29, 1.82) is 0 Å². The van der Waals surface area contributed by atoms with Gasteiger partial charge in [0.05, 0.1) is 6.54 Å². The normalized spacial score (nSPS) is 17.8. The number of nitrogens with one attached hydrogen (secondary N) is 3. The molecule has 0 amide bonds. The Labute approximate surface area is 187 Å². The maximum absolute atomic E-state index is 4.62. The van der Waals surface area contributed by atoms with Gasteiger partial charge in [-0.25, -0.2) is 9.67 Å². The topological polar surface area (TPSA) is 79.2 Å². The van der Waals surface area contributed by atoms with Gasteiger partial charge in [-0.2, -0.15) is 5.10 Å². The van der Waals surface area contributed by atoms with Crippen LogP contribution < -0.4 is 16.0 Å². The molecule has 3 N–H and O–H groups in total. The van der Waals surface area contributed by atoms with E-state index < -0.39 is 0 Å². The third-order valence-electron chi connectivity index (χ3n) is 6.55. The maximum atomic E-state index is 4.62. The Hall–Kier alpha value is -2.41. The van der Waals surface area contributed by atoms with Crippen molar-refractivity contribution >= 4 is 5.96 Å². The van der Waals surface area contributed by atoms with E-state index in [1.165, 1.54) is 5.56 Å². The number of aryl methyl sites for hydroxylation is 2. The van der Waals surface area contributed by atoms with Gasteiger partial charge in [0.25, 0.3) is 0 Å². The summed E-state index contributed by atoms with van der Waals surface area (Å²) in [6.45, 7) is 10.5. The quantitative estimate of drug-likeness (QED) is 0.425. The van der Waals surface area contributed by atoms with Crippen LogP contribution in [0.5, 0.6) is 0 Å². The molecule has 7 nitrogen and oxygen atoms in total. The molecule has 2 aromatic rings. The largest absolute Gasteiger partial charge is 0.355 e. The molecule has 2 atom stereocenters. The van der Waals surface area contributed by atoms with Crippen molar-refractivity contribution in [2.24, 2.45) is 4.99 Å². The second kappa shape index (κ2) is 10.8. The average Bonchev–Trinajstić information content (AvgIpc) is 3.24. The van der Waals surface area contributed by atoms with Crippen molar-refractivity contribution in [3.05, 3.63) is 47.5 Å². The first-order chi connectivity index (χ1) is 15.0. The molecule has 0 saturated heterocycles. The molecule has 2 heterocycles. The second-order valence-electron chi connectivity index (χ2n) is 8.55. The van der Waals surface area contributed by atoms with Crippen LogP contribution in [0.3, 0.4) is 0 Å². The van der Waals surface area contributed by atoms with Crippen LogP contribution in [-0.4, -0.2) is 45.9 Å². The van der Waals surface area contributed by atoms with Gasteiger partial charge in [-0.1, -0.05) is 51.1 Å². The predicted octanol–water partition coefficient (Wildman–Crippen LogP) is 3.23. The van der Waals surface area contributed by atoms with Gasteiger partial charge in [0.2, 0.25) is 0 Å². The van der Waals surface area contributed by atoms with E-state index in [0.717, 1.165) is 62.8 Å². The van der Waals surface area contributed by atoms with Gasteiger partial charge >= 0.3 is 0 Å². The number of hydrogen-bond donors (Lipinski definition) is 3. The van der Waals surface area contributed by atoms with E-state index in [-0.39, 0.29) is 11.6 Å². The van der Waals surface area contributed by atoms with E-state index in [1.807, 2.05) is 7.05 Å². The molecule has 1 aliphatic heterocycles. The van der Waals surface area contributed by atoms with Crippen molar-refractivity contribution in [3.8, 4) is 0 Å². The summed E-state index contributed by atoms with van der Waals surface area (Å²) in [5.74, 6) is 2.89. The minimum Gasteiger partial charge on any atom is -0.355 e. The Morgan fingerprint density at radius 1 is 1.23 bits per heavy atom. The van der Waals surface area contributed by atoms with Crippen molar-refractivity contribution in [3.63, 3.8) is 0 Å². The lowest BCUT2D eigenvalue weighted by molar-refractivity contribution is 0.270. The predicted molar refractivity (Wildman–Crippen MR) is 127 cm³/mol. The third kappa shape index (κ3) is 5.85. The molecule has 3 rings (SSSR count). The minimum atomic E-state index is -0.00541. The molecule has 0 radical (unpaired) electrons. The SMILES string of the molecule is CCc1nc2n(n1)CC(NC(=NC)NCC(CC)(CC)NC(C)c1ccccc1)CC2. The van der Waals surface area contributed by atoms with Crippen LogP contribution in [0.2, 0.25) is 0 Å². The molecule has 7 heteroatoms. The lowest BCUT2D eigenvalue weighted by Crippen LogP contribution is -2.56. The fraction of sp³-hybridized carbons (Fsp3) is 0.625. The zero-order chi connectivity index (χ0) is 22.3. The highest BCUT2D eigenvalue weighted by atomic mass is 15.4. The van der Waals surface area contributed by atoms with Crippen LogP contribution in [-0.2, 0) is 19.4 Å². The fourth-order valence-corrected chi connectivity index (χ4v) is 4.31. The summed E-state index contributed by atoms with van der Waals surface area (Å²) < 4.78 is 2.05. The maximum Gasteiger partial charge on any atom is 0.191 e. The van der Waals surface area contributed by atoms with Crippen molar-refractivity contribution in [2.75, 3.05) is 13.6 Å². The van der Waals surface area contributed by atoms with Crippen LogP contribution in [0.1, 0.15) is 70.2 Å². The van der Waals surface area contributed by atoms with Gasteiger partial charge in [0, 0.05) is 44.1 Å². The molecule has 2 unspecified atom stereocenters. The molecule has 170 valence electrons. The lowest BCUT2D eigenvalue weighted by atomic mass is 9.90. The van der Waals surface area contributed by atoms with Crippen molar-refractivity contribution in [2.45, 2.75) is 84.0 Å². The Bertz CT molecular complexity index is 839. The number of aromatic nitrogens is 3. The Kier molecular flexibility index (Phi) is 8.07. The number of fused-ring (bicyclic) bond motifs is 1. The third-order valence-corrected chi connectivity index (χ3v) is 6.55. The molecule has 1 aliphatic rings. The van der Waals surface area contributed by atoms with Crippen LogP contribution in [0.25, 0.3) is 0 Å². The molecule has 0 saturated carbocycles. The summed E-state index contributed by atoms with van der Waals surface area (Å²) in [7, 11) is 1.84. The van der Waals surface area contributed by atoms with Gasteiger partial charge in [-0.3, -0.25) is 4.99 Å². The molecule has 0 bridgehead atoms. The summed E-state index contributed by atoms with van der Waals surface area (Å²) in [6.07, 6.45) is 4.95. The zero-order valence-electron chi connectivity index (χ0n) is 19.8. The fourth-order valence-electron chi connectivity index (χ4n) is 4.31. The van der Waals surface area contributed by atoms with Gasteiger partial charge < -0.3 is 16.0 Å². The highest BCUT2D eigenvalue weighted by Gasteiger charge is 2.29. The number of rotatable bonds is 9. The van der Waals surface area contributed by atoms with Crippen molar-refractivity contribution in [1.82, 2.24) is 30.7 Å².